The van der Waals surface area contributed by atoms with Crippen LogP contribution >= 0.6 is 0 Å². The van der Waals surface area contributed by atoms with Crippen molar-refractivity contribution in [3.63, 3.8) is 0 Å². The molecule has 19 heavy (non-hydrogen) atoms. The van der Waals surface area contributed by atoms with Gasteiger partial charge in [-0.25, -0.2) is 0 Å². The van der Waals surface area contributed by atoms with Crippen molar-refractivity contribution >= 4 is 5.91 Å². The summed E-state index contributed by atoms with van der Waals surface area (Å²) in [5.41, 5.74) is 8.58. The lowest BCUT2D eigenvalue weighted by Crippen LogP contribution is -2.36. The van der Waals surface area contributed by atoms with E-state index in [-0.39, 0.29) is 11.9 Å². The van der Waals surface area contributed by atoms with Crippen molar-refractivity contribution in [3.8, 4) is 5.75 Å². The normalized spacial score (nSPS) is 19.4. The Morgan fingerprint density at radius 2 is 2.37 bits per heavy atom. The van der Waals surface area contributed by atoms with Crippen molar-refractivity contribution in [2.75, 3.05) is 6.54 Å². The minimum absolute atomic E-state index is 0.0899. The number of hydrogen-bond acceptors (Lipinski definition) is 3. The maximum absolute atomic E-state index is 11.6. The van der Waals surface area contributed by atoms with Gasteiger partial charge in [0.05, 0.1) is 0 Å². The Kier molecular flexibility index (Phi) is 4.43. The first kappa shape index (κ1) is 13.9. The van der Waals surface area contributed by atoms with Gasteiger partial charge in [0.1, 0.15) is 5.75 Å². The highest BCUT2D eigenvalue weighted by Crippen LogP contribution is 2.31. The van der Waals surface area contributed by atoms with Gasteiger partial charge in [-0.3, -0.25) is 4.79 Å². The number of rotatable bonds is 4. The van der Waals surface area contributed by atoms with E-state index in [1.165, 1.54) is 5.56 Å². The molecular formula is C15H22N2O2. The molecule has 3 N–H and O–H groups in total. The summed E-state index contributed by atoms with van der Waals surface area (Å²) >= 11 is 0. The monoisotopic (exact) mass is 262 g/mol. The molecule has 0 heterocycles. The molecule has 104 valence electrons. The van der Waals surface area contributed by atoms with E-state index in [4.69, 9.17) is 10.5 Å². The van der Waals surface area contributed by atoms with E-state index in [0.29, 0.717) is 6.54 Å². The minimum atomic E-state index is -0.488. The van der Waals surface area contributed by atoms with Crippen LogP contribution in [0, 0.1) is 0 Å². The lowest BCUT2D eigenvalue weighted by atomic mass is 9.88. The van der Waals surface area contributed by atoms with Crippen molar-refractivity contribution in [1.29, 1.82) is 0 Å². The van der Waals surface area contributed by atoms with E-state index in [9.17, 15) is 4.79 Å². The van der Waals surface area contributed by atoms with Crippen molar-refractivity contribution in [2.45, 2.75) is 45.3 Å². The summed E-state index contributed by atoms with van der Waals surface area (Å²) in [6.45, 7) is 4.26. The van der Waals surface area contributed by atoms with Crippen LogP contribution in [-0.2, 0) is 11.2 Å². The number of hydrogen-bond donors (Lipinski definition) is 2. The number of carbonyl (C=O) groups is 1. The predicted octanol–water partition coefficient (Wildman–Crippen LogP) is 1.93. The summed E-state index contributed by atoms with van der Waals surface area (Å²) in [4.78, 5) is 11.6. The van der Waals surface area contributed by atoms with E-state index >= 15 is 0 Å². The fourth-order valence-electron chi connectivity index (χ4n) is 2.46. The fourth-order valence-corrected chi connectivity index (χ4v) is 2.46. The fraction of sp³-hybridized carbons (Fsp3) is 0.533. The van der Waals surface area contributed by atoms with Crippen molar-refractivity contribution < 1.29 is 9.53 Å². The molecule has 0 bridgehead atoms. The second kappa shape index (κ2) is 6.06. The van der Waals surface area contributed by atoms with Gasteiger partial charge in [0, 0.05) is 12.6 Å². The molecule has 2 atom stereocenters. The van der Waals surface area contributed by atoms with E-state index in [1.54, 1.807) is 6.92 Å². The second-order valence-corrected chi connectivity index (χ2v) is 5.01. The molecule has 0 aromatic heterocycles. The maximum Gasteiger partial charge on any atom is 0.260 e. The quantitative estimate of drug-likeness (QED) is 0.871. The van der Waals surface area contributed by atoms with Gasteiger partial charge in [0.2, 0.25) is 0 Å². The van der Waals surface area contributed by atoms with Crippen LogP contribution in [0.15, 0.2) is 18.2 Å². The molecule has 1 aliphatic carbocycles. The Labute approximate surface area is 114 Å². The number of fused-ring (bicyclic) bond motifs is 1. The lowest BCUT2D eigenvalue weighted by molar-refractivity contribution is -0.127. The topological polar surface area (TPSA) is 64.3 Å². The molecule has 1 aromatic carbocycles. The molecule has 4 nitrogen and oxygen atoms in total. The standard InChI is InChI=1S/C15H22N2O2/c1-3-17-15(18)10(2)19-12-8-7-11-5-4-6-14(16)13(11)9-12/h7-10,14H,3-6,16H2,1-2H3,(H,17,18)/t10?,14-/m1/s1. The smallest absolute Gasteiger partial charge is 0.260 e. The molecule has 0 spiro atoms. The Hall–Kier alpha value is -1.55. The highest BCUT2D eigenvalue weighted by molar-refractivity contribution is 5.80. The zero-order valence-electron chi connectivity index (χ0n) is 11.6. The summed E-state index contributed by atoms with van der Waals surface area (Å²) < 4.78 is 5.68. The van der Waals surface area contributed by atoms with Crippen LogP contribution in [0.5, 0.6) is 5.75 Å². The molecule has 1 aromatic rings. The van der Waals surface area contributed by atoms with E-state index in [2.05, 4.69) is 11.4 Å². The van der Waals surface area contributed by atoms with Gasteiger partial charge in [0.15, 0.2) is 6.10 Å². The Balaban J connectivity index is 2.09. The summed E-state index contributed by atoms with van der Waals surface area (Å²) in [5.74, 6) is 0.624. The molecular weight excluding hydrogens is 240 g/mol. The van der Waals surface area contributed by atoms with Gasteiger partial charge in [-0.2, -0.15) is 0 Å². The van der Waals surface area contributed by atoms with Gasteiger partial charge >= 0.3 is 0 Å². The molecule has 1 aliphatic rings. The van der Waals surface area contributed by atoms with E-state index in [1.807, 2.05) is 19.1 Å². The zero-order valence-corrected chi connectivity index (χ0v) is 11.6. The number of carbonyl (C=O) groups excluding carboxylic acids is 1. The van der Waals surface area contributed by atoms with Crippen molar-refractivity contribution in [3.05, 3.63) is 29.3 Å². The molecule has 0 radical (unpaired) electrons. The van der Waals surface area contributed by atoms with Gasteiger partial charge in [-0.1, -0.05) is 6.07 Å². The third-order valence-corrected chi connectivity index (χ3v) is 3.51. The third kappa shape index (κ3) is 3.26. The van der Waals surface area contributed by atoms with Crippen LogP contribution in [-0.4, -0.2) is 18.6 Å². The predicted molar refractivity (Wildman–Crippen MR) is 75.1 cm³/mol. The molecule has 1 amide bonds. The van der Waals surface area contributed by atoms with Gasteiger partial charge in [-0.15, -0.1) is 0 Å². The van der Waals surface area contributed by atoms with Crippen LogP contribution < -0.4 is 15.8 Å². The first-order valence-corrected chi connectivity index (χ1v) is 6.94. The van der Waals surface area contributed by atoms with Crippen LogP contribution in [0.1, 0.15) is 43.9 Å². The number of benzene rings is 1. The van der Waals surface area contributed by atoms with Crippen LogP contribution in [0.3, 0.4) is 0 Å². The molecule has 0 aliphatic heterocycles. The Morgan fingerprint density at radius 1 is 1.58 bits per heavy atom. The lowest BCUT2D eigenvalue weighted by Gasteiger charge is -2.23. The number of aryl methyl sites for hydroxylation is 1. The van der Waals surface area contributed by atoms with Crippen molar-refractivity contribution in [2.24, 2.45) is 5.73 Å². The van der Waals surface area contributed by atoms with Gasteiger partial charge in [0.25, 0.3) is 5.91 Å². The number of nitrogens with one attached hydrogen (secondary N) is 1. The first-order chi connectivity index (χ1) is 9.11. The Morgan fingerprint density at radius 3 is 3.11 bits per heavy atom. The minimum Gasteiger partial charge on any atom is -0.481 e. The molecule has 0 fully saturated rings. The van der Waals surface area contributed by atoms with Crippen LogP contribution in [0.2, 0.25) is 0 Å². The molecule has 1 unspecified atom stereocenters. The van der Waals surface area contributed by atoms with Crippen LogP contribution in [0.25, 0.3) is 0 Å². The maximum atomic E-state index is 11.6. The number of ether oxygens (including phenoxy) is 1. The van der Waals surface area contributed by atoms with E-state index < -0.39 is 6.10 Å². The van der Waals surface area contributed by atoms with Crippen LogP contribution in [0.4, 0.5) is 0 Å². The number of amides is 1. The number of nitrogens with two attached hydrogens (primary N) is 1. The molecule has 0 saturated carbocycles. The van der Waals surface area contributed by atoms with E-state index in [0.717, 1.165) is 30.6 Å². The number of likely N-dealkylation sites (N-methyl/N-ethyl adjacent to an activating group) is 1. The highest BCUT2D eigenvalue weighted by Gasteiger charge is 2.19. The van der Waals surface area contributed by atoms with Gasteiger partial charge < -0.3 is 15.8 Å². The largest absolute Gasteiger partial charge is 0.481 e. The molecule has 4 heteroatoms. The summed E-state index contributed by atoms with van der Waals surface area (Å²) in [6, 6.07) is 6.06. The third-order valence-electron chi connectivity index (χ3n) is 3.51. The molecule has 2 rings (SSSR count). The molecule has 0 saturated heterocycles. The average molecular weight is 262 g/mol. The first-order valence-electron chi connectivity index (χ1n) is 6.94. The zero-order chi connectivity index (χ0) is 13.8. The SMILES string of the molecule is CCNC(=O)C(C)Oc1ccc2c(c1)[C@H](N)CCC2. The summed E-state index contributed by atoms with van der Waals surface area (Å²) in [5, 5.41) is 2.75. The summed E-state index contributed by atoms with van der Waals surface area (Å²) in [7, 11) is 0. The highest BCUT2D eigenvalue weighted by atomic mass is 16.5. The van der Waals surface area contributed by atoms with Crippen molar-refractivity contribution in [1.82, 2.24) is 5.32 Å². The second-order valence-electron chi connectivity index (χ2n) is 5.01. The summed E-state index contributed by atoms with van der Waals surface area (Å²) in [6.07, 6.45) is 2.75. The Bertz CT molecular complexity index is 459. The average Bonchev–Trinajstić information content (AvgIpc) is 2.40. The van der Waals surface area contributed by atoms with Gasteiger partial charge in [-0.05, 0) is 56.4 Å².